The van der Waals surface area contributed by atoms with Crippen molar-refractivity contribution in [1.29, 1.82) is 0 Å². The number of ether oxygens (including phenoxy) is 1. The Hall–Kier alpha value is -3.63. The second-order valence-electron chi connectivity index (χ2n) is 8.89. The number of H-pyrrole nitrogens is 1. The first-order chi connectivity index (χ1) is 17.4. The van der Waals surface area contributed by atoms with Gasteiger partial charge in [-0.15, -0.1) is 0 Å². The van der Waals surface area contributed by atoms with Gasteiger partial charge in [-0.1, -0.05) is 19.1 Å². The Morgan fingerprint density at radius 2 is 1.69 bits per heavy atom. The van der Waals surface area contributed by atoms with Gasteiger partial charge in [0.1, 0.15) is 6.33 Å². The third kappa shape index (κ3) is 5.00. The summed E-state index contributed by atoms with van der Waals surface area (Å²) in [5.74, 6) is -3.56. The highest BCUT2D eigenvalue weighted by Gasteiger charge is 2.20. The summed E-state index contributed by atoms with van der Waals surface area (Å²) in [7, 11) is 0. The number of aromatic nitrogens is 3. The van der Waals surface area contributed by atoms with Crippen LogP contribution >= 0.6 is 0 Å². The summed E-state index contributed by atoms with van der Waals surface area (Å²) in [5.41, 5.74) is 2.39. The topological polar surface area (TPSA) is 69.3 Å². The third-order valence-corrected chi connectivity index (χ3v) is 6.40. The number of nitrogens with one attached hydrogen (secondary N) is 2. The molecule has 1 aliphatic heterocycles. The van der Waals surface area contributed by atoms with E-state index in [0.717, 1.165) is 57.2 Å². The normalized spacial score (nSPS) is 14.9. The Morgan fingerprint density at radius 3 is 2.42 bits per heavy atom. The van der Waals surface area contributed by atoms with E-state index in [-0.39, 0.29) is 16.7 Å². The summed E-state index contributed by atoms with van der Waals surface area (Å²) in [5, 5.41) is 2.92. The van der Waals surface area contributed by atoms with E-state index in [1.54, 1.807) is 6.92 Å². The van der Waals surface area contributed by atoms with Crippen LogP contribution in [0.5, 0.6) is 11.6 Å². The Bertz CT molecular complexity index is 1370. The molecule has 0 radical (unpaired) electrons. The van der Waals surface area contributed by atoms with Gasteiger partial charge in [-0.3, -0.25) is 4.90 Å². The van der Waals surface area contributed by atoms with Crippen LogP contribution in [-0.4, -0.2) is 57.5 Å². The number of piperazine rings is 1. The highest BCUT2D eigenvalue weighted by atomic mass is 19.1. The van der Waals surface area contributed by atoms with Crippen molar-refractivity contribution < 1.29 is 17.9 Å². The standard InChI is InChI=1S/C26H27F3N6O/c1-3-34-8-10-35(11-9-34)14-17-4-6-18(7-5-17)33-25-23(29)26(31-15-30-25)36-21-13-20(27)24-19(22(21)28)12-16(2)32-24/h4-7,12-13,15,32H,3,8-11,14H2,1-2H3,(H,30,31,33). The number of hydrogen-bond acceptors (Lipinski definition) is 6. The molecule has 0 saturated carbocycles. The minimum Gasteiger partial charge on any atom is -0.433 e. The van der Waals surface area contributed by atoms with Crippen LogP contribution in [0.4, 0.5) is 24.7 Å². The van der Waals surface area contributed by atoms with E-state index >= 15 is 4.39 Å². The van der Waals surface area contributed by atoms with Crippen molar-refractivity contribution >= 4 is 22.4 Å². The van der Waals surface area contributed by atoms with Crippen LogP contribution in [0, 0.1) is 24.4 Å². The largest absolute Gasteiger partial charge is 0.433 e. The first-order valence-electron chi connectivity index (χ1n) is 11.9. The lowest BCUT2D eigenvalue weighted by atomic mass is 10.1. The van der Waals surface area contributed by atoms with Gasteiger partial charge < -0.3 is 19.9 Å². The summed E-state index contributed by atoms with van der Waals surface area (Å²) in [6.07, 6.45) is 1.10. The molecule has 4 aromatic rings. The minimum absolute atomic E-state index is 0.0163. The van der Waals surface area contributed by atoms with Gasteiger partial charge in [0.15, 0.2) is 23.2 Å². The number of hydrogen-bond donors (Lipinski definition) is 2. The minimum atomic E-state index is -0.916. The molecular formula is C26H27F3N6O. The Balaban J connectivity index is 1.28. The van der Waals surface area contributed by atoms with Crippen molar-refractivity contribution in [2.45, 2.75) is 20.4 Å². The maximum absolute atomic E-state index is 15.1. The van der Waals surface area contributed by atoms with E-state index in [0.29, 0.717) is 11.4 Å². The second kappa shape index (κ2) is 10.2. The molecule has 1 saturated heterocycles. The number of aryl methyl sites for hydroxylation is 1. The van der Waals surface area contributed by atoms with Gasteiger partial charge in [0.05, 0.1) is 5.52 Å². The first kappa shape index (κ1) is 24.1. The van der Waals surface area contributed by atoms with Crippen LogP contribution < -0.4 is 10.1 Å². The van der Waals surface area contributed by atoms with Crippen molar-refractivity contribution in [3.05, 3.63) is 71.4 Å². The van der Waals surface area contributed by atoms with Crippen LogP contribution in [0.3, 0.4) is 0 Å². The fourth-order valence-corrected chi connectivity index (χ4v) is 4.38. The Labute approximate surface area is 206 Å². The predicted molar refractivity (Wildman–Crippen MR) is 132 cm³/mol. The van der Waals surface area contributed by atoms with Gasteiger partial charge in [0, 0.05) is 55.6 Å². The third-order valence-electron chi connectivity index (χ3n) is 6.40. The maximum Gasteiger partial charge on any atom is 0.261 e. The van der Waals surface area contributed by atoms with Crippen LogP contribution in [0.2, 0.25) is 0 Å². The van der Waals surface area contributed by atoms with Crippen molar-refractivity contribution in [3.8, 4) is 11.6 Å². The molecule has 0 bridgehead atoms. The lowest BCUT2D eigenvalue weighted by molar-refractivity contribution is 0.132. The SMILES string of the molecule is CCN1CCN(Cc2ccc(Nc3ncnc(Oc4cc(F)c5[nH]c(C)cc5c4F)c3F)cc2)CC1. The molecule has 0 aliphatic carbocycles. The number of halogens is 3. The Kier molecular flexibility index (Phi) is 6.80. The zero-order valence-electron chi connectivity index (χ0n) is 20.1. The van der Waals surface area contributed by atoms with Crippen molar-refractivity contribution in [1.82, 2.24) is 24.8 Å². The van der Waals surface area contributed by atoms with Gasteiger partial charge >= 0.3 is 0 Å². The number of benzene rings is 2. The van der Waals surface area contributed by atoms with Crippen LogP contribution in [0.1, 0.15) is 18.2 Å². The molecular weight excluding hydrogens is 469 g/mol. The van der Waals surface area contributed by atoms with Crippen LogP contribution in [0.25, 0.3) is 10.9 Å². The average molecular weight is 497 g/mol. The molecule has 3 heterocycles. The summed E-state index contributed by atoms with van der Waals surface area (Å²) >= 11 is 0. The number of likely N-dealkylation sites (N-methyl/N-ethyl adjacent to an activating group) is 1. The van der Waals surface area contributed by atoms with Crippen molar-refractivity contribution in [2.75, 3.05) is 38.0 Å². The van der Waals surface area contributed by atoms with Gasteiger partial charge in [0.2, 0.25) is 5.82 Å². The summed E-state index contributed by atoms with van der Waals surface area (Å²) in [6, 6.07) is 9.98. The van der Waals surface area contributed by atoms with Gasteiger partial charge in [-0.2, -0.15) is 9.37 Å². The van der Waals surface area contributed by atoms with Gasteiger partial charge in [0.25, 0.3) is 5.88 Å². The Morgan fingerprint density at radius 1 is 0.972 bits per heavy atom. The summed E-state index contributed by atoms with van der Waals surface area (Å²) in [4.78, 5) is 15.3. The fraction of sp³-hybridized carbons (Fsp3) is 0.308. The van der Waals surface area contributed by atoms with E-state index in [2.05, 4.69) is 37.0 Å². The summed E-state index contributed by atoms with van der Waals surface area (Å²) in [6.45, 7) is 10.00. The summed E-state index contributed by atoms with van der Waals surface area (Å²) < 4.78 is 49.7. The number of rotatable bonds is 7. The van der Waals surface area contributed by atoms with Crippen molar-refractivity contribution in [3.63, 3.8) is 0 Å². The van der Waals surface area contributed by atoms with Crippen LogP contribution in [0.15, 0.2) is 42.7 Å². The van der Waals surface area contributed by atoms with E-state index < -0.39 is 29.1 Å². The van der Waals surface area contributed by atoms with Crippen LogP contribution in [-0.2, 0) is 6.54 Å². The van der Waals surface area contributed by atoms with Gasteiger partial charge in [-0.25, -0.2) is 13.8 Å². The molecule has 0 atom stereocenters. The maximum atomic E-state index is 15.1. The smallest absolute Gasteiger partial charge is 0.261 e. The van der Waals surface area contributed by atoms with E-state index in [4.69, 9.17) is 4.74 Å². The molecule has 2 aromatic heterocycles. The van der Waals surface area contributed by atoms with E-state index in [1.165, 1.54) is 6.07 Å². The zero-order chi connectivity index (χ0) is 25.2. The molecule has 0 amide bonds. The lowest BCUT2D eigenvalue weighted by Crippen LogP contribution is -2.45. The predicted octanol–water partition coefficient (Wildman–Crippen LogP) is 5.36. The molecule has 0 unspecified atom stereocenters. The monoisotopic (exact) mass is 496 g/mol. The molecule has 2 N–H and O–H groups in total. The molecule has 0 spiro atoms. The highest BCUT2D eigenvalue weighted by Crippen LogP contribution is 2.34. The lowest BCUT2D eigenvalue weighted by Gasteiger charge is -2.34. The van der Waals surface area contributed by atoms with E-state index in [1.807, 2.05) is 24.3 Å². The number of fused-ring (bicyclic) bond motifs is 1. The van der Waals surface area contributed by atoms with E-state index in [9.17, 15) is 8.78 Å². The second-order valence-corrected chi connectivity index (χ2v) is 8.89. The number of nitrogens with zero attached hydrogens (tertiary/aromatic N) is 4. The molecule has 188 valence electrons. The van der Waals surface area contributed by atoms with Crippen molar-refractivity contribution in [2.24, 2.45) is 0 Å². The zero-order valence-corrected chi connectivity index (χ0v) is 20.1. The highest BCUT2D eigenvalue weighted by molar-refractivity contribution is 5.83. The number of aromatic amines is 1. The molecule has 2 aromatic carbocycles. The molecule has 10 heteroatoms. The van der Waals surface area contributed by atoms with Gasteiger partial charge in [-0.05, 0) is 37.2 Å². The molecule has 5 rings (SSSR count). The molecule has 7 nitrogen and oxygen atoms in total. The molecule has 1 aliphatic rings. The fourth-order valence-electron chi connectivity index (χ4n) is 4.38. The quantitative estimate of drug-likeness (QED) is 0.359. The molecule has 1 fully saturated rings. The first-order valence-corrected chi connectivity index (χ1v) is 11.9. The average Bonchev–Trinajstić information content (AvgIpc) is 3.29. The molecule has 36 heavy (non-hydrogen) atoms. The number of anilines is 2.